The van der Waals surface area contributed by atoms with Crippen LogP contribution in [-0.4, -0.2) is 9.38 Å². The standard InChI is InChI=1S/C15H14BrN3/c16-12-4-1-3-11(7-12)8-13-10-19-14(9-17)5-2-6-15(19)18-13/h1-7,10H,8-9,17H2. The molecule has 0 saturated heterocycles. The van der Waals surface area contributed by atoms with Crippen molar-refractivity contribution in [2.24, 2.45) is 5.73 Å². The molecule has 3 nitrogen and oxygen atoms in total. The van der Waals surface area contributed by atoms with Crippen LogP contribution < -0.4 is 5.73 Å². The van der Waals surface area contributed by atoms with E-state index in [9.17, 15) is 0 Å². The van der Waals surface area contributed by atoms with Crippen molar-refractivity contribution in [1.82, 2.24) is 9.38 Å². The SMILES string of the molecule is NCc1cccc2nc(Cc3cccc(Br)c3)cn12. The molecule has 0 spiro atoms. The molecule has 0 amide bonds. The first-order valence-corrected chi connectivity index (χ1v) is 6.96. The van der Waals surface area contributed by atoms with Gasteiger partial charge >= 0.3 is 0 Å². The van der Waals surface area contributed by atoms with Crippen LogP contribution in [-0.2, 0) is 13.0 Å². The third-order valence-electron chi connectivity index (χ3n) is 3.11. The Hall–Kier alpha value is -1.65. The largest absolute Gasteiger partial charge is 0.325 e. The van der Waals surface area contributed by atoms with Gasteiger partial charge in [-0.1, -0.05) is 34.1 Å². The van der Waals surface area contributed by atoms with Crippen molar-refractivity contribution in [2.45, 2.75) is 13.0 Å². The quantitative estimate of drug-likeness (QED) is 0.807. The number of imidazole rings is 1. The molecular formula is C15H14BrN3. The van der Waals surface area contributed by atoms with Gasteiger partial charge in [0.1, 0.15) is 5.65 Å². The summed E-state index contributed by atoms with van der Waals surface area (Å²) >= 11 is 3.49. The van der Waals surface area contributed by atoms with E-state index >= 15 is 0 Å². The summed E-state index contributed by atoms with van der Waals surface area (Å²) in [6.07, 6.45) is 2.89. The molecule has 0 atom stereocenters. The molecule has 1 aromatic carbocycles. The zero-order valence-corrected chi connectivity index (χ0v) is 12.0. The molecule has 0 aliphatic carbocycles. The lowest BCUT2D eigenvalue weighted by Gasteiger charge is -2.00. The maximum atomic E-state index is 5.74. The summed E-state index contributed by atoms with van der Waals surface area (Å²) in [5.74, 6) is 0. The molecule has 0 radical (unpaired) electrons. The Morgan fingerprint density at radius 3 is 2.79 bits per heavy atom. The van der Waals surface area contributed by atoms with Crippen LogP contribution >= 0.6 is 15.9 Å². The predicted octanol–water partition coefficient (Wildman–Crippen LogP) is 3.15. The molecular weight excluding hydrogens is 302 g/mol. The molecule has 19 heavy (non-hydrogen) atoms. The summed E-state index contributed by atoms with van der Waals surface area (Å²) in [5.41, 5.74) is 10.1. The van der Waals surface area contributed by atoms with Crippen molar-refractivity contribution in [3.63, 3.8) is 0 Å². The average molecular weight is 316 g/mol. The molecule has 4 heteroatoms. The normalized spacial score (nSPS) is 11.1. The zero-order chi connectivity index (χ0) is 13.2. The Morgan fingerprint density at radius 2 is 2.00 bits per heavy atom. The van der Waals surface area contributed by atoms with Gasteiger partial charge in [0.25, 0.3) is 0 Å². The highest BCUT2D eigenvalue weighted by molar-refractivity contribution is 9.10. The molecule has 0 unspecified atom stereocenters. The van der Waals surface area contributed by atoms with Gasteiger partial charge in [-0.05, 0) is 29.8 Å². The van der Waals surface area contributed by atoms with Crippen molar-refractivity contribution >= 4 is 21.6 Å². The number of aromatic nitrogens is 2. The van der Waals surface area contributed by atoms with Gasteiger partial charge in [-0.25, -0.2) is 4.98 Å². The van der Waals surface area contributed by atoms with E-state index < -0.39 is 0 Å². The zero-order valence-electron chi connectivity index (χ0n) is 10.4. The Kier molecular flexibility index (Phi) is 3.36. The molecule has 3 aromatic rings. The second-order valence-corrected chi connectivity index (χ2v) is 5.40. The number of nitrogens with two attached hydrogens (primary N) is 1. The van der Waals surface area contributed by atoms with Crippen LogP contribution in [0.1, 0.15) is 17.0 Å². The van der Waals surface area contributed by atoms with Crippen LogP contribution in [0.2, 0.25) is 0 Å². The maximum Gasteiger partial charge on any atom is 0.137 e. The van der Waals surface area contributed by atoms with Crippen LogP contribution in [0.15, 0.2) is 53.1 Å². The van der Waals surface area contributed by atoms with E-state index in [-0.39, 0.29) is 0 Å². The van der Waals surface area contributed by atoms with Gasteiger partial charge in [0.15, 0.2) is 0 Å². The lowest BCUT2D eigenvalue weighted by molar-refractivity contribution is 0.944. The van der Waals surface area contributed by atoms with Gasteiger partial charge < -0.3 is 10.1 Å². The molecule has 2 aromatic heterocycles. The molecule has 2 heterocycles. The summed E-state index contributed by atoms with van der Waals surface area (Å²) in [6.45, 7) is 0.518. The van der Waals surface area contributed by atoms with Gasteiger partial charge in [0.2, 0.25) is 0 Å². The summed E-state index contributed by atoms with van der Waals surface area (Å²) < 4.78 is 3.16. The number of fused-ring (bicyclic) bond motifs is 1. The summed E-state index contributed by atoms with van der Waals surface area (Å²) in [5, 5.41) is 0. The fourth-order valence-corrected chi connectivity index (χ4v) is 2.67. The smallest absolute Gasteiger partial charge is 0.137 e. The summed E-state index contributed by atoms with van der Waals surface area (Å²) in [4.78, 5) is 4.64. The highest BCUT2D eigenvalue weighted by Gasteiger charge is 2.05. The number of hydrogen-bond donors (Lipinski definition) is 1. The summed E-state index contributed by atoms with van der Waals surface area (Å²) in [6, 6.07) is 14.3. The lowest BCUT2D eigenvalue weighted by Crippen LogP contribution is -2.02. The Labute approximate surface area is 120 Å². The molecule has 0 aliphatic heterocycles. The molecule has 96 valence electrons. The van der Waals surface area contributed by atoms with Crippen molar-refractivity contribution < 1.29 is 0 Å². The fourth-order valence-electron chi connectivity index (χ4n) is 2.23. The number of benzene rings is 1. The van der Waals surface area contributed by atoms with Crippen LogP contribution in [0.5, 0.6) is 0 Å². The minimum absolute atomic E-state index is 0.518. The van der Waals surface area contributed by atoms with Crippen molar-refractivity contribution in [1.29, 1.82) is 0 Å². The van der Waals surface area contributed by atoms with Crippen LogP contribution in [0.4, 0.5) is 0 Å². The summed E-state index contributed by atoms with van der Waals surface area (Å²) in [7, 11) is 0. The van der Waals surface area contributed by atoms with Gasteiger partial charge in [0, 0.05) is 29.3 Å². The minimum Gasteiger partial charge on any atom is -0.325 e. The van der Waals surface area contributed by atoms with E-state index in [0.717, 1.165) is 27.9 Å². The maximum absolute atomic E-state index is 5.74. The molecule has 0 aliphatic rings. The van der Waals surface area contributed by atoms with Crippen molar-refractivity contribution in [3.05, 3.63) is 70.1 Å². The van der Waals surface area contributed by atoms with Gasteiger partial charge in [-0.3, -0.25) is 0 Å². The fraction of sp³-hybridized carbons (Fsp3) is 0.133. The van der Waals surface area contributed by atoms with Crippen LogP contribution in [0.25, 0.3) is 5.65 Å². The van der Waals surface area contributed by atoms with Crippen molar-refractivity contribution in [2.75, 3.05) is 0 Å². The second-order valence-electron chi connectivity index (χ2n) is 4.49. The van der Waals surface area contributed by atoms with E-state index in [1.165, 1.54) is 5.56 Å². The van der Waals surface area contributed by atoms with E-state index in [2.05, 4.69) is 43.6 Å². The Bertz CT molecular complexity index is 718. The number of pyridine rings is 1. The Balaban J connectivity index is 1.98. The first-order valence-electron chi connectivity index (χ1n) is 6.16. The van der Waals surface area contributed by atoms with E-state index in [4.69, 9.17) is 5.73 Å². The third-order valence-corrected chi connectivity index (χ3v) is 3.60. The van der Waals surface area contributed by atoms with Gasteiger partial charge in [-0.2, -0.15) is 0 Å². The number of nitrogens with zero attached hydrogens (tertiary/aromatic N) is 2. The first kappa shape index (κ1) is 12.4. The van der Waals surface area contributed by atoms with E-state index in [1.807, 2.05) is 30.3 Å². The highest BCUT2D eigenvalue weighted by atomic mass is 79.9. The first-order chi connectivity index (χ1) is 9.26. The third kappa shape index (κ3) is 2.55. The van der Waals surface area contributed by atoms with Crippen LogP contribution in [0, 0.1) is 0 Å². The number of hydrogen-bond acceptors (Lipinski definition) is 2. The minimum atomic E-state index is 0.518. The number of halogens is 1. The van der Waals surface area contributed by atoms with Gasteiger partial charge in [-0.15, -0.1) is 0 Å². The monoisotopic (exact) mass is 315 g/mol. The van der Waals surface area contributed by atoms with Crippen LogP contribution in [0.3, 0.4) is 0 Å². The van der Waals surface area contributed by atoms with Gasteiger partial charge in [0.05, 0.1) is 5.69 Å². The number of rotatable bonds is 3. The molecule has 2 N–H and O–H groups in total. The average Bonchev–Trinajstić information content (AvgIpc) is 2.80. The second kappa shape index (κ2) is 5.15. The highest BCUT2D eigenvalue weighted by Crippen LogP contribution is 2.16. The molecule has 0 bridgehead atoms. The lowest BCUT2D eigenvalue weighted by atomic mass is 10.1. The topological polar surface area (TPSA) is 43.3 Å². The van der Waals surface area contributed by atoms with E-state index in [0.29, 0.717) is 6.54 Å². The Morgan fingerprint density at radius 1 is 1.16 bits per heavy atom. The van der Waals surface area contributed by atoms with Crippen molar-refractivity contribution in [3.8, 4) is 0 Å². The van der Waals surface area contributed by atoms with E-state index in [1.54, 1.807) is 0 Å². The predicted molar refractivity (Wildman–Crippen MR) is 80.0 cm³/mol. The molecule has 0 fully saturated rings. The molecule has 3 rings (SSSR count). The molecule has 0 saturated carbocycles.